The van der Waals surface area contributed by atoms with Crippen molar-refractivity contribution in [2.24, 2.45) is 0 Å². The maximum absolute atomic E-state index is 2.46. The second kappa shape index (κ2) is 10.9. The van der Waals surface area contributed by atoms with Crippen LogP contribution in [0.2, 0.25) is 0 Å². The molecular weight excluding hydrogens is 641 g/mol. The largest absolute Gasteiger partial charge is 0.135 e. The molecule has 0 saturated carbocycles. The van der Waals surface area contributed by atoms with E-state index in [0.29, 0.717) is 0 Å². The Balaban J connectivity index is 1.18. The lowest BCUT2D eigenvalue weighted by molar-refractivity contribution is 1.64. The molecule has 232 valence electrons. The van der Waals surface area contributed by atoms with E-state index in [1.807, 2.05) is 22.7 Å². The molecule has 2 aromatic heterocycles. The van der Waals surface area contributed by atoms with Gasteiger partial charge in [-0.25, -0.2) is 0 Å². The van der Waals surface area contributed by atoms with Crippen molar-refractivity contribution >= 4 is 95.3 Å². The Kier molecular flexibility index (Phi) is 6.09. The molecule has 0 radical (unpaired) electrons. The molecule has 0 spiro atoms. The molecule has 0 unspecified atom stereocenters. The summed E-state index contributed by atoms with van der Waals surface area (Å²) in [7, 11) is 0. The van der Waals surface area contributed by atoms with Crippen molar-refractivity contribution in [3.8, 4) is 33.4 Å². The number of thiophene rings is 2. The minimum absolute atomic E-state index is 1.24. The first-order valence-electron chi connectivity index (χ1n) is 17.1. The molecule has 0 saturated heterocycles. The molecule has 9 aromatic carbocycles. The van der Waals surface area contributed by atoms with E-state index < -0.39 is 0 Å². The Morgan fingerprint density at radius 1 is 0.260 bits per heavy atom. The Hall–Kier alpha value is -5.80. The lowest BCUT2D eigenvalue weighted by Gasteiger charge is -2.18. The maximum atomic E-state index is 2.46. The predicted octanol–water partition coefficient (Wildman–Crippen LogP) is 14.9. The summed E-state index contributed by atoms with van der Waals surface area (Å²) in [5.74, 6) is 0. The van der Waals surface area contributed by atoms with E-state index in [1.165, 1.54) is 106 Å². The summed E-state index contributed by atoms with van der Waals surface area (Å²) >= 11 is 3.83. The van der Waals surface area contributed by atoms with Crippen LogP contribution in [0.15, 0.2) is 170 Å². The second-order valence-electron chi connectivity index (χ2n) is 13.2. The van der Waals surface area contributed by atoms with Crippen molar-refractivity contribution in [3.63, 3.8) is 0 Å². The summed E-state index contributed by atoms with van der Waals surface area (Å²) in [6.07, 6.45) is 0. The Bertz CT molecular complexity index is 3080. The van der Waals surface area contributed by atoms with E-state index in [2.05, 4.69) is 170 Å². The van der Waals surface area contributed by atoms with Crippen LogP contribution in [0, 0.1) is 0 Å². The average Bonchev–Trinajstić information content (AvgIpc) is 3.73. The van der Waals surface area contributed by atoms with E-state index in [0.717, 1.165) is 0 Å². The normalized spacial score (nSPS) is 12.0. The van der Waals surface area contributed by atoms with Crippen molar-refractivity contribution in [1.29, 1.82) is 0 Å². The SMILES string of the molecule is c1ccc(-c2c3ccccc3c(-c3cccc(-c4cc5c6cc7sc8ccccc8c7cc6sc5c5ccccc45)c3)c3ccccc23)cc1. The van der Waals surface area contributed by atoms with Crippen molar-refractivity contribution in [2.75, 3.05) is 0 Å². The van der Waals surface area contributed by atoms with Crippen LogP contribution in [0.3, 0.4) is 0 Å². The molecular formula is C48H28S2. The fourth-order valence-electron chi connectivity index (χ4n) is 8.25. The monoisotopic (exact) mass is 668 g/mol. The van der Waals surface area contributed by atoms with Gasteiger partial charge in [-0.3, -0.25) is 0 Å². The summed E-state index contributed by atoms with van der Waals surface area (Å²) < 4.78 is 5.42. The summed E-state index contributed by atoms with van der Waals surface area (Å²) in [4.78, 5) is 0. The van der Waals surface area contributed by atoms with Crippen LogP contribution in [0.4, 0.5) is 0 Å². The fraction of sp³-hybridized carbons (Fsp3) is 0. The van der Waals surface area contributed by atoms with Gasteiger partial charge in [-0.15, -0.1) is 22.7 Å². The molecule has 11 rings (SSSR count). The van der Waals surface area contributed by atoms with Crippen LogP contribution in [-0.2, 0) is 0 Å². The molecule has 0 fully saturated rings. The van der Waals surface area contributed by atoms with Crippen LogP contribution in [-0.4, -0.2) is 0 Å². The van der Waals surface area contributed by atoms with Crippen molar-refractivity contribution in [2.45, 2.75) is 0 Å². The molecule has 0 N–H and O–H groups in total. The van der Waals surface area contributed by atoms with E-state index in [4.69, 9.17) is 0 Å². The molecule has 0 atom stereocenters. The van der Waals surface area contributed by atoms with Gasteiger partial charge in [0, 0.05) is 45.7 Å². The van der Waals surface area contributed by atoms with E-state index in [9.17, 15) is 0 Å². The summed E-state index contributed by atoms with van der Waals surface area (Å²) in [6, 6.07) is 63.0. The number of hydrogen-bond acceptors (Lipinski definition) is 2. The highest BCUT2D eigenvalue weighted by molar-refractivity contribution is 7.28. The summed E-state index contributed by atoms with van der Waals surface area (Å²) in [5, 5.41) is 13.1. The molecule has 0 nitrogen and oxygen atoms in total. The zero-order valence-corrected chi connectivity index (χ0v) is 28.6. The van der Waals surface area contributed by atoms with Gasteiger partial charge in [0.1, 0.15) is 0 Å². The molecule has 2 heterocycles. The van der Waals surface area contributed by atoms with Gasteiger partial charge >= 0.3 is 0 Å². The van der Waals surface area contributed by atoms with Gasteiger partial charge in [0.2, 0.25) is 0 Å². The Morgan fingerprint density at radius 3 is 1.46 bits per heavy atom. The predicted molar refractivity (Wildman–Crippen MR) is 221 cm³/mol. The number of fused-ring (bicyclic) bond motifs is 10. The number of hydrogen-bond donors (Lipinski definition) is 0. The zero-order valence-electron chi connectivity index (χ0n) is 27.0. The topological polar surface area (TPSA) is 0 Å². The third kappa shape index (κ3) is 4.10. The lowest BCUT2D eigenvalue weighted by atomic mass is 9.85. The van der Waals surface area contributed by atoms with E-state index in [1.54, 1.807) is 0 Å². The first-order valence-corrected chi connectivity index (χ1v) is 18.7. The molecule has 2 heteroatoms. The van der Waals surface area contributed by atoms with E-state index >= 15 is 0 Å². The molecule has 0 aliphatic carbocycles. The van der Waals surface area contributed by atoms with Gasteiger partial charge in [0.05, 0.1) is 0 Å². The molecule has 11 aromatic rings. The zero-order chi connectivity index (χ0) is 32.8. The van der Waals surface area contributed by atoms with Gasteiger partial charge in [-0.2, -0.15) is 0 Å². The Labute approximate surface area is 297 Å². The highest BCUT2D eigenvalue weighted by atomic mass is 32.1. The summed E-state index contributed by atoms with van der Waals surface area (Å²) in [6.45, 7) is 0. The van der Waals surface area contributed by atoms with Gasteiger partial charge in [0.15, 0.2) is 0 Å². The summed E-state index contributed by atoms with van der Waals surface area (Å²) in [5.41, 5.74) is 7.59. The first-order chi connectivity index (χ1) is 24.8. The van der Waals surface area contributed by atoms with Crippen LogP contribution >= 0.6 is 22.7 Å². The first kappa shape index (κ1) is 28.1. The van der Waals surface area contributed by atoms with Gasteiger partial charge < -0.3 is 0 Å². The van der Waals surface area contributed by atoms with Crippen LogP contribution in [0.25, 0.3) is 106 Å². The highest BCUT2D eigenvalue weighted by Crippen LogP contribution is 2.48. The van der Waals surface area contributed by atoms with Gasteiger partial charge in [-0.1, -0.05) is 140 Å². The van der Waals surface area contributed by atoms with Crippen LogP contribution in [0.5, 0.6) is 0 Å². The Morgan fingerprint density at radius 2 is 0.760 bits per heavy atom. The minimum atomic E-state index is 1.24. The molecule has 0 amide bonds. The molecule has 0 aliphatic heterocycles. The van der Waals surface area contributed by atoms with E-state index in [-0.39, 0.29) is 0 Å². The molecule has 0 aliphatic rings. The average molecular weight is 669 g/mol. The second-order valence-corrected chi connectivity index (χ2v) is 15.3. The van der Waals surface area contributed by atoms with Crippen molar-refractivity contribution < 1.29 is 0 Å². The fourth-order valence-corrected chi connectivity index (χ4v) is 10.6. The number of benzene rings is 9. The molecule has 0 bridgehead atoms. The van der Waals surface area contributed by atoms with Crippen LogP contribution in [0.1, 0.15) is 0 Å². The standard InChI is InChI=1S/C48H28S2/c1-2-13-29(14-3-1)46-34-19-5-7-21-36(34)47(37-22-8-6-20-35(37)46)31-16-12-15-30(25-31)39-26-42-41-28-44-40(33-18-10-11-24-43(33)49-44)27-45(41)50-48(42)38-23-9-4-17-32(38)39/h1-28H. The lowest BCUT2D eigenvalue weighted by Crippen LogP contribution is -1.91. The minimum Gasteiger partial charge on any atom is -0.135 e. The van der Waals surface area contributed by atoms with Gasteiger partial charge in [0.25, 0.3) is 0 Å². The van der Waals surface area contributed by atoms with Crippen molar-refractivity contribution in [3.05, 3.63) is 170 Å². The third-order valence-corrected chi connectivity index (χ3v) is 12.8. The molecule has 50 heavy (non-hydrogen) atoms. The van der Waals surface area contributed by atoms with Crippen molar-refractivity contribution in [1.82, 2.24) is 0 Å². The quantitative estimate of drug-likeness (QED) is 0.164. The van der Waals surface area contributed by atoms with Gasteiger partial charge in [-0.05, 0) is 90.6 Å². The number of rotatable bonds is 3. The smallest absolute Gasteiger partial charge is 0.0434 e. The van der Waals surface area contributed by atoms with Crippen LogP contribution < -0.4 is 0 Å². The third-order valence-electron chi connectivity index (χ3n) is 10.4. The maximum Gasteiger partial charge on any atom is 0.0434 e. The highest BCUT2D eigenvalue weighted by Gasteiger charge is 2.19.